The summed E-state index contributed by atoms with van der Waals surface area (Å²) in [6.07, 6.45) is -1.68. The molecule has 35 heavy (non-hydrogen) atoms. The Morgan fingerprint density at radius 3 is 2.23 bits per heavy atom. The molecule has 2 aromatic rings. The van der Waals surface area contributed by atoms with Crippen LogP contribution in [0.2, 0.25) is 0 Å². The molecule has 1 aliphatic carbocycles. The molecule has 1 heterocycles. The molecule has 0 aromatic heterocycles. The standard InChI is InChI=1S/C26H30N2O6S/c1-15(2)24-28(21(14-35-24)25(30)31)23(29)22(33-3)12-27-26(32)34-13-20-18-10-6-4-8-16(18)17-9-5-7-11-19(17)20/h4-11,15,20-22,24H,12-14H2,1-3H3,(H,27,32)(H,30,31). The van der Waals surface area contributed by atoms with Crippen LogP contribution in [0.15, 0.2) is 48.5 Å². The molecule has 0 saturated carbocycles. The van der Waals surface area contributed by atoms with E-state index in [1.165, 1.54) is 23.8 Å². The SMILES string of the molecule is COC(CNC(=O)OCC1c2ccccc2-c2ccccc21)C(=O)N1C(C(=O)O)CSC1C(C)C. The van der Waals surface area contributed by atoms with Gasteiger partial charge in [0.15, 0.2) is 6.10 Å². The fraction of sp³-hybridized carbons (Fsp3) is 0.423. The number of nitrogens with zero attached hydrogens (tertiary/aromatic N) is 1. The van der Waals surface area contributed by atoms with Gasteiger partial charge in [0.2, 0.25) is 0 Å². The molecule has 9 heteroatoms. The van der Waals surface area contributed by atoms with Crippen LogP contribution in [0, 0.1) is 5.92 Å². The van der Waals surface area contributed by atoms with Crippen molar-refractivity contribution in [1.29, 1.82) is 0 Å². The van der Waals surface area contributed by atoms with Crippen molar-refractivity contribution in [2.75, 3.05) is 26.0 Å². The highest BCUT2D eigenvalue weighted by atomic mass is 32.2. The van der Waals surface area contributed by atoms with Gasteiger partial charge in [0.25, 0.3) is 5.91 Å². The summed E-state index contributed by atoms with van der Waals surface area (Å²) in [5.74, 6) is -1.19. The first-order valence-electron chi connectivity index (χ1n) is 11.6. The zero-order chi connectivity index (χ0) is 25.1. The predicted molar refractivity (Wildman–Crippen MR) is 133 cm³/mol. The second kappa shape index (κ2) is 10.7. The number of methoxy groups -OCH3 is 1. The molecule has 1 saturated heterocycles. The monoisotopic (exact) mass is 498 g/mol. The number of carboxylic acid groups (broad SMARTS) is 1. The average molecular weight is 499 g/mol. The maximum Gasteiger partial charge on any atom is 0.407 e. The fourth-order valence-electron chi connectivity index (χ4n) is 4.77. The molecular weight excluding hydrogens is 468 g/mol. The van der Waals surface area contributed by atoms with Gasteiger partial charge in [0.05, 0.1) is 11.9 Å². The molecule has 0 spiro atoms. The zero-order valence-electron chi connectivity index (χ0n) is 20.0. The minimum atomic E-state index is -1.05. The number of aliphatic carboxylic acids is 1. The summed E-state index contributed by atoms with van der Waals surface area (Å²) in [4.78, 5) is 38.8. The highest BCUT2D eigenvalue weighted by Crippen LogP contribution is 2.44. The van der Waals surface area contributed by atoms with Crippen LogP contribution in [0.4, 0.5) is 4.79 Å². The summed E-state index contributed by atoms with van der Waals surface area (Å²) in [6, 6.07) is 15.2. The zero-order valence-corrected chi connectivity index (χ0v) is 20.8. The highest BCUT2D eigenvalue weighted by molar-refractivity contribution is 8.00. The average Bonchev–Trinajstić information content (AvgIpc) is 3.43. The second-order valence-electron chi connectivity index (χ2n) is 9.00. The van der Waals surface area contributed by atoms with Crippen LogP contribution < -0.4 is 5.32 Å². The Morgan fingerprint density at radius 2 is 1.69 bits per heavy atom. The lowest BCUT2D eigenvalue weighted by molar-refractivity contribution is -0.154. The lowest BCUT2D eigenvalue weighted by atomic mass is 9.98. The minimum absolute atomic E-state index is 0.0703. The molecule has 3 unspecified atom stereocenters. The Hall–Kier alpha value is -3.04. The van der Waals surface area contributed by atoms with Crippen LogP contribution in [0.5, 0.6) is 0 Å². The van der Waals surface area contributed by atoms with Gasteiger partial charge in [-0.2, -0.15) is 0 Å². The van der Waals surface area contributed by atoms with Gasteiger partial charge in [-0.05, 0) is 28.2 Å². The Kier molecular flexibility index (Phi) is 7.66. The number of carbonyl (C=O) groups is 3. The largest absolute Gasteiger partial charge is 0.480 e. The number of carbonyl (C=O) groups excluding carboxylic acids is 2. The van der Waals surface area contributed by atoms with Crippen LogP contribution in [0.3, 0.4) is 0 Å². The molecule has 3 atom stereocenters. The summed E-state index contributed by atoms with van der Waals surface area (Å²) in [5.41, 5.74) is 4.49. The summed E-state index contributed by atoms with van der Waals surface area (Å²) in [5, 5.41) is 11.9. The molecule has 0 bridgehead atoms. The van der Waals surface area contributed by atoms with Crippen molar-refractivity contribution in [2.45, 2.75) is 37.3 Å². The lowest BCUT2D eigenvalue weighted by Crippen LogP contribution is -2.53. The van der Waals surface area contributed by atoms with Crippen molar-refractivity contribution >= 4 is 29.7 Å². The van der Waals surface area contributed by atoms with Gasteiger partial charge in [0.1, 0.15) is 12.6 Å². The van der Waals surface area contributed by atoms with E-state index < -0.39 is 30.1 Å². The van der Waals surface area contributed by atoms with Crippen molar-refractivity contribution in [3.05, 3.63) is 59.7 Å². The molecule has 2 aromatic carbocycles. The van der Waals surface area contributed by atoms with Crippen molar-refractivity contribution in [3.8, 4) is 11.1 Å². The van der Waals surface area contributed by atoms with Crippen LogP contribution >= 0.6 is 11.8 Å². The van der Waals surface area contributed by atoms with E-state index in [0.29, 0.717) is 5.75 Å². The van der Waals surface area contributed by atoms with Gasteiger partial charge in [0, 0.05) is 18.8 Å². The van der Waals surface area contributed by atoms with Crippen molar-refractivity contribution in [3.63, 3.8) is 0 Å². The van der Waals surface area contributed by atoms with Crippen LogP contribution in [-0.2, 0) is 19.1 Å². The normalized spacial score (nSPS) is 19.8. The highest BCUT2D eigenvalue weighted by Gasteiger charge is 2.45. The van der Waals surface area contributed by atoms with E-state index in [1.807, 2.05) is 50.2 Å². The number of alkyl carbamates (subject to hydrolysis) is 1. The van der Waals surface area contributed by atoms with Gasteiger partial charge >= 0.3 is 12.1 Å². The van der Waals surface area contributed by atoms with E-state index in [-0.39, 0.29) is 30.4 Å². The van der Waals surface area contributed by atoms with Crippen molar-refractivity contribution < 1.29 is 29.0 Å². The summed E-state index contributed by atoms with van der Waals surface area (Å²) < 4.78 is 10.9. The van der Waals surface area contributed by atoms with E-state index in [1.54, 1.807) is 0 Å². The first kappa shape index (κ1) is 25.1. The smallest absolute Gasteiger partial charge is 0.407 e. The number of ether oxygens (including phenoxy) is 2. The predicted octanol–water partition coefficient (Wildman–Crippen LogP) is 3.55. The van der Waals surface area contributed by atoms with E-state index in [9.17, 15) is 19.5 Å². The molecule has 2 N–H and O–H groups in total. The summed E-state index contributed by atoms with van der Waals surface area (Å²) in [7, 11) is 1.37. The molecule has 186 valence electrons. The van der Waals surface area contributed by atoms with Crippen molar-refractivity contribution in [2.24, 2.45) is 5.92 Å². The van der Waals surface area contributed by atoms with Gasteiger partial charge in [-0.15, -0.1) is 11.8 Å². The van der Waals surface area contributed by atoms with Gasteiger partial charge in [-0.3, -0.25) is 4.79 Å². The third-order valence-corrected chi connectivity index (χ3v) is 8.10. The number of thioether (sulfide) groups is 1. The van der Waals surface area contributed by atoms with Gasteiger partial charge < -0.3 is 24.8 Å². The Bertz CT molecular complexity index is 1060. The van der Waals surface area contributed by atoms with E-state index in [0.717, 1.165) is 22.3 Å². The summed E-state index contributed by atoms with van der Waals surface area (Å²) in [6.45, 7) is 3.92. The Morgan fingerprint density at radius 1 is 1.09 bits per heavy atom. The number of rotatable bonds is 8. The topological polar surface area (TPSA) is 105 Å². The fourth-order valence-corrected chi connectivity index (χ4v) is 6.25. The number of hydrogen-bond donors (Lipinski definition) is 2. The number of amides is 2. The molecule has 2 amide bonds. The first-order chi connectivity index (χ1) is 16.8. The third kappa shape index (κ3) is 5.01. The van der Waals surface area contributed by atoms with E-state index >= 15 is 0 Å². The molecule has 1 aliphatic heterocycles. The van der Waals surface area contributed by atoms with Crippen LogP contribution in [0.1, 0.15) is 30.9 Å². The maximum atomic E-state index is 13.2. The molecule has 0 radical (unpaired) electrons. The lowest BCUT2D eigenvalue weighted by Gasteiger charge is -2.32. The van der Waals surface area contributed by atoms with E-state index in [4.69, 9.17) is 9.47 Å². The first-order valence-corrected chi connectivity index (χ1v) is 12.7. The summed E-state index contributed by atoms with van der Waals surface area (Å²) >= 11 is 1.44. The number of fused-ring (bicyclic) bond motifs is 3. The number of benzene rings is 2. The molecule has 2 aliphatic rings. The Balaban J connectivity index is 1.37. The second-order valence-corrected chi connectivity index (χ2v) is 10.1. The van der Waals surface area contributed by atoms with E-state index in [2.05, 4.69) is 17.4 Å². The maximum absolute atomic E-state index is 13.2. The third-order valence-electron chi connectivity index (χ3n) is 6.48. The molecule has 4 rings (SSSR count). The number of carboxylic acids is 1. The minimum Gasteiger partial charge on any atom is -0.480 e. The Labute approximate surface area is 209 Å². The van der Waals surface area contributed by atoms with Gasteiger partial charge in [-0.1, -0.05) is 62.4 Å². The van der Waals surface area contributed by atoms with Gasteiger partial charge in [-0.25, -0.2) is 9.59 Å². The number of nitrogens with one attached hydrogen (secondary N) is 1. The number of hydrogen-bond acceptors (Lipinski definition) is 6. The quantitative estimate of drug-likeness (QED) is 0.573. The van der Waals surface area contributed by atoms with Crippen molar-refractivity contribution in [1.82, 2.24) is 10.2 Å². The molecule has 8 nitrogen and oxygen atoms in total. The molecular formula is C26H30N2O6S. The van der Waals surface area contributed by atoms with Crippen LogP contribution in [-0.4, -0.2) is 71.5 Å². The molecule has 1 fully saturated rings. The van der Waals surface area contributed by atoms with Crippen LogP contribution in [0.25, 0.3) is 11.1 Å².